The number of hydrogen-bond donors (Lipinski definition) is 2. The molecule has 0 spiro atoms. The molecule has 0 aliphatic carbocycles. The number of rotatable bonds is 6. The van der Waals surface area contributed by atoms with Crippen LogP contribution in [0.1, 0.15) is 56.7 Å². The number of ether oxygens (including phenoxy) is 1. The first kappa shape index (κ1) is 17.8. The molecule has 0 heterocycles. The van der Waals surface area contributed by atoms with Gasteiger partial charge in [0, 0.05) is 16.7 Å². The summed E-state index contributed by atoms with van der Waals surface area (Å²) in [4.78, 5) is -0.203. The first-order chi connectivity index (χ1) is 9.74. The highest BCUT2D eigenvalue weighted by Crippen LogP contribution is 2.45. The molecule has 0 bridgehead atoms. The zero-order valence-electron chi connectivity index (χ0n) is 13.2. The van der Waals surface area contributed by atoms with Crippen LogP contribution in [0.4, 0.5) is 0 Å². The van der Waals surface area contributed by atoms with E-state index in [0.717, 1.165) is 0 Å². The Morgan fingerprint density at radius 1 is 1.14 bits per heavy atom. The molecule has 0 saturated carbocycles. The number of phenols is 1. The van der Waals surface area contributed by atoms with E-state index < -0.39 is 10.1 Å². The Morgan fingerprint density at radius 2 is 1.67 bits per heavy atom. The lowest BCUT2D eigenvalue weighted by Gasteiger charge is -2.23. The fraction of sp³-hybridized carbons (Fsp3) is 0.600. The van der Waals surface area contributed by atoms with E-state index in [1.807, 2.05) is 20.8 Å². The van der Waals surface area contributed by atoms with Crippen LogP contribution in [-0.4, -0.2) is 25.2 Å². The fourth-order valence-corrected chi connectivity index (χ4v) is 3.80. The highest BCUT2D eigenvalue weighted by atomic mass is 32.2. The smallest absolute Gasteiger partial charge is 0.295 e. The van der Waals surface area contributed by atoms with Crippen LogP contribution in [0.15, 0.2) is 4.90 Å². The molecule has 6 heteroatoms. The molecular formula is C15H24O5S. The second-order valence-corrected chi connectivity index (χ2v) is 6.43. The van der Waals surface area contributed by atoms with Crippen molar-refractivity contribution < 1.29 is 22.8 Å². The average Bonchev–Trinajstić information content (AvgIpc) is 2.43. The van der Waals surface area contributed by atoms with Crippen LogP contribution in [0.5, 0.6) is 11.5 Å². The molecule has 1 unspecified atom stereocenters. The van der Waals surface area contributed by atoms with Crippen molar-refractivity contribution in [3.05, 3.63) is 16.7 Å². The van der Waals surface area contributed by atoms with E-state index in [9.17, 15) is 18.1 Å². The van der Waals surface area contributed by atoms with Gasteiger partial charge in [-0.2, -0.15) is 8.42 Å². The summed E-state index contributed by atoms with van der Waals surface area (Å²) in [6.07, 6.45) is 1.54. The van der Waals surface area contributed by atoms with Crippen LogP contribution >= 0.6 is 0 Å². The van der Waals surface area contributed by atoms with E-state index in [0.29, 0.717) is 36.1 Å². The largest absolute Gasteiger partial charge is 0.507 e. The monoisotopic (exact) mass is 316 g/mol. The van der Waals surface area contributed by atoms with Crippen molar-refractivity contribution in [3.8, 4) is 11.5 Å². The number of methoxy groups -OCH3 is 1. The molecule has 0 fully saturated rings. The summed E-state index contributed by atoms with van der Waals surface area (Å²) in [5.74, 6) is 0.0640. The maximum Gasteiger partial charge on any atom is 0.295 e. The Bertz CT molecular complexity index is 620. The molecule has 21 heavy (non-hydrogen) atoms. The zero-order valence-corrected chi connectivity index (χ0v) is 14.0. The third-order valence-corrected chi connectivity index (χ3v) is 4.86. The van der Waals surface area contributed by atoms with Gasteiger partial charge in [0.15, 0.2) is 0 Å². The highest BCUT2D eigenvalue weighted by molar-refractivity contribution is 7.86. The molecule has 1 rings (SSSR count). The van der Waals surface area contributed by atoms with Gasteiger partial charge in [0.1, 0.15) is 16.4 Å². The van der Waals surface area contributed by atoms with E-state index in [1.165, 1.54) is 7.11 Å². The van der Waals surface area contributed by atoms with E-state index >= 15 is 0 Å². The van der Waals surface area contributed by atoms with Gasteiger partial charge in [0.05, 0.1) is 7.11 Å². The second kappa shape index (κ2) is 6.66. The summed E-state index contributed by atoms with van der Waals surface area (Å²) in [5, 5.41) is 10.5. The lowest BCUT2D eigenvalue weighted by molar-refractivity contribution is 0.387. The van der Waals surface area contributed by atoms with Crippen LogP contribution < -0.4 is 4.74 Å². The van der Waals surface area contributed by atoms with Gasteiger partial charge in [-0.15, -0.1) is 0 Å². The minimum atomic E-state index is -4.45. The molecule has 0 aliphatic rings. The Hall–Kier alpha value is -1.27. The zero-order chi connectivity index (χ0) is 16.4. The fourth-order valence-electron chi connectivity index (χ4n) is 2.68. The van der Waals surface area contributed by atoms with Gasteiger partial charge in [-0.25, -0.2) is 0 Å². The topological polar surface area (TPSA) is 83.8 Å². The summed E-state index contributed by atoms with van der Waals surface area (Å²) < 4.78 is 38.7. The van der Waals surface area contributed by atoms with Crippen molar-refractivity contribution >= 4 is 10.1 Å². The summed E-state index contributed by atoms with van der Waals surface area (Å²) in [7, 11) is -3.02. The predicted octanol–water partition coefficient (Wildman–Crippen LogP) is 3.29. The lowest BCUT2D eigenvalue weighted by atomic mass is 9.90. The van der Waals surface area contributed by atoms with Gasteiger partial charge in [-0.05, 0) is 25.2 Å². The van der Waals surface area contributed by atoms with Crippen LogP contribution in [0, 0.1) is 0 Å². The number of aromatic hydroxyl groups is 1. The maximum absolute atomic E-state index is 11.9. The predicted molar refractivity (Wildman–Crippen MR) is 81.9 cm³/mol. The Morgan fingerprint density at radius 3 is 2.00 bits per heavy atom. The second-order valence-electron chi connectivity index (χ2n) is 5.07. The quantitative estimate of drug-likeness (QED) is 0.787. The van der Waals surface area contributed by atoms with Gasteiger partial charge in [0.25, 0.3) is 10.1 Å². The van der Waals surface area contributed by atoms with E-state index in [2.05, 4.69) is 0 Å². The molecule has 0 aromatic heterocycles. The van der Waals surface area contributed by atoms with Crippen LogP contribution in [-0.2, 0) is 23.0 Å². The third-order valence-electron chi connectivity index (χ3n) is 3.88. The van der Waals surface area contributed by atoms with Crippen LogP contribution in [0.3, 0.4) is 0 Å². The van der Waals surface area contributed by atoms with Gasteiger partial charge in [-0.1, -0.05) is 27.7 Å². The van der Waals surface area contributed by atoms with Gasteiger partial charge in [-0.3, -0.25) is 4.55 Å². The van der Waals surface area contributed by atoms with Gasteiger partial charge < -0.3 is 9.84 Å². The minimum absolute atomic E-state index is 0.0893. The van der Waals surface area contributed by atoms with Crippen molar-refractivity contribution in [2.45, 2.75) is 57.8 Å². The minimum Gasteiger partial charge on any atom is -0.507 e. The Labute approximate surface area is 126 Å². The molecule has 1 aromatic carbocycles. The van der Waals surface area contributed by atoms with Gasteiger partial charge in [0.2, 0.25) is 0 Å². The first-order valence-corrected chi connectivity index (χ1v) is 8.60. The van der Waals surface area contributed by atoms with E-state index in [4.69, 9.17) is 4.74 Å². The average molecular weight is 316 g/mol. The van der Waals surface area contributed by atoms with Crippen LogP contribution in [0.2, 0.25) is 0 Å². The normalized spacial score (nSPS) is 13.2. The summed E-state index contributed by atoms with van der Waals surface area (Å²) in [6, 6.07) is 0. The summed E-state index contributed by atoms with van der Waals surface area (Å²) in [6.45, 7) is 7.39. The molecular weight excluding hydrogens is 292 g/mol. The van der Waals surface area contributed by atoms with Crippen molar-refractivity contribution in [2.24, 2.45) is 0 Å². The van der Waals surface area contributed by atoms with Gasteiger partial charge >= 0.3 is 0 Å². The maximum atomic E-state index is 11.9. The SMILES string of the molecule is CCc1c(O)c(C(C)CC)c(S(=O)(=O)O)c(CC)c1OC. The number of benzene rings is 1. The van der Waals surface area contributed by atoms with Crippen molar-refractivity contribution in [1.82, 2.24) is 0 Å². The summed E-state index contributed by atoms with van der Waals surface area (Å²) in [5.41, 5.74) is 1.29. The molecule has 0 aliphatic heterocycles. The standard InChI is InChI=1S/C15H24O5S/c1-6-9(4)12-13(16)10(7-2)14(20-5)11(8-3)15(12)21(17,18)19/h9,16H,6-8H2,1-5H3,(H,17,18,19). The first-order valence-electron chi connectivity index (χ1n) is 7.16. The molecule has 120 valence electrons. The van der Waals surface area contributed by atoms with Crippen LogP contribution in [0.25, 0.3) is 0 Å². The Kier molecular flexibility index (Phi) is 5.64. The number of phenolic OH excluding ortho intramolecular Hbond substituents is 1. The Balaban J connectivity index is 4.02. The molecule has 0 saturated heterocycles. The van der Waals surface area contributed by atoms with E-state index in [-0.39, 0.29) is 22.1 Å². The van der Waals surface area contributed by atoms with Crippen molar-refractivity contribution in [2.75, 3.05) is 7.11 Å². The molecule has 0 radical (unpaired) electrons. The summed E-state index contributed by atoms with van der Waals surface area (Å²) >= 11 is 0. The number of hydrogen-bond acceptors (Lipinski definition) is 4. The highest BCUT2D eigenvalue weighted by Gasteiger charge is 2.31. The molecule has 5 nitrogen and oxygen atoms in total. The molecule has 1 aromatic rings. The van der Waals surface area contributed by atoms with Crippen molar-refractivity contribution in [3.63, 3.8) is 0 Å². The van der Waals surface area contributed by atoms with E-state index in [1.54, 1.807) is 6.92 Å². The lowest BCUT2D eigenvalue weighted by Crippen LogP contribution is -2.13. The third kappa shape index (κ3) is 3.16. The van der Waals surface area contributed by atoms with Crippen molar-refractivity contribution in [1.29, 1.82) is 0 Å². The molecule has 0 amide bonds. The molecule has 1 atom stereocenters. The molecule has 2 N–H and O–H groups in total.